The minimum Gasteiger partial charge on any atom is -0.481 e. The largest absolute Gasteiger partial charge is 0.481 e. The van der Waals surface area contributed by atoms with Crippen LogP contribution in [0.15, 0.2) is 46.6 Å². The zero-order valence-electron chi connectivity index (χ0n) is 19.1. The lowest BCUT2D eigenvalue weighted by molar-refractivity contribution is -0.137. The maximum atomic E-state index is 12.4. The summed E-state index contributed by atoms with van der Waals surface area (Å²) in [7, 11) is 0. The van der Waals surface area contributed by atoms with Crippen molar-refractivity contribution in [3.05, 3.63) is 47.8 Å². The molecule has 2 aromatic heterocycles. The van der Waals surface area contributed by atoms with Gasteiger partial charge in [0.2, 0.25) is 17.5 Å². The molecule has 174 valence electrons. The van der Waals surface area contributed by atoms with Crippen molar-refractivity contribution in [2.24, 2.45) is 0 Å². The third kappa shape index (κ3) is 6.19. The lowest BCUT2D eigenvalue weighted by Gasteiger charge is -2.14. The van der Waals surface area contributed by atoms with Gasteiger partial charge < -0.3 is 19.6 Å². The molecule has 0 bridgehead atoms. The maximum absolute atomic E-state index is 12.4. The lowest BCUT2D eigenvalue weighted by atomic mass is 10.0. The number of amides is 1. The fourth-order valence-electron chi connectivity index (χ4n) is 3.50. The summed E-state index contributed by atoms with van der Waals surface area (Å²) < 4.78 is 12.2. The normalized spacial score (nSPS) is 12.5. The van der Waals surface area contributed by atoms with Crippen LogP contribution in [0, 0.1) is 0 Å². The van der Waals surface area contributed by atoms with E-state index in [1.54, 1.807) is 13.0 Å². The number of furan rings is 1. The molecule has 1 aromatic carbocycles. The second-order valence-electron chi connectivity index (χ2n) is 7.82. The lowest BCUT2D eigenvalue weighted by Crippen LogP contribution is -2.23. The second-order valence-corrected chi connectivity index (χ2v) is 7.82. The maximum Gasteiger partial charge on any atom is 0.303 e. The van der Waals surface area contributed by atoms with Crippen LogP contribution in [0.5, 0.6) is 5.88 Å². The third-order valence-electron chi connectivity index (χ3n) is 5.15. The Morgan fingerprint density at radius 1 is 1.21 bits per heavy atom. The number of hydrogen-bond acceptors (Lipinski definition) is 6. The Hall–Kier alpha value is -3.68. The van der Waals surface area contributed by atoms with Gasteiger partial charge in [-0.3, -0.25) is 9.59 Å². The van der Waals surface area contributed by atoms with Gasteiger partial charge in [0, 0.05) is 29.7 Å². The number of unbranched alkanes of at least 4 members (excludes halogenated alkanes) is 1. The van der Waals surface area contributed by atoms with E-state index in [-0.39, 0.29) is 18.4 Å². The van der Waals surface area contributed by atoms with Crippen molar-refractivity contribution in [1.29, 1.82) is 0 Å². The zero-order valence-corrected chi connectivity index (χ0v) is 19.1. The number of carbonyl (C=O) groups excluding carboxylic acids is 1. The fraction of sp³-hybridized carbons (Fsp3) is 0.360. The van der Waals surface area contributed by atoms with Crippen LogP contribution in [0.2, 0.25) is 0 Å². The average molecular weight is 452 g/mol. The molecule has 0 saturated heterocycles. The van der Waals surface area contributed by atoms with Gasteiger partial charge >= 0.3 is 5.97 Å². The number of carboxylic acid groups (broad SMARTS) is 1. The van der Waals surface area contributed by atoms with E-state index in [1.807, 2.05) is 44.2 Å². The highest BCUT2D eigenvalue weighted by molar-refractivity contribution is 6.03. The Kier molecular flexibility index (Phi) is 8.18. The van der Waals surface area contributed by atoms with Crippen molar-refractivity contribution in [2.75, 3.05) is 6.54 Å². The summed E-state index contributed by atoms with van der Waals surface area (Å²) >= 11 is 0. The number of carbonyl (C=O) groups is 2. The van der Waals surface area contributed by atoms with Gasteiger partial charge in [0.1, 0.15) is 17.5 Å². The second kappa shape index (κ2) is 11.3. The van der Waals surface area contributed by atoms with Crippen molar-refractivity contribution in [1.82, 2.24) is 15.3 Å². The number of likely N-dealkylation sites (N-methyl/N-ethyl adjacent to an activating group) is 1. The first-order valence-corrected chi connectivity index (χ1v) is 11.1. The van der Waals surface area contributed by atoms with E-state index in [9.17, 15) is 9.59 Å². The number of nitrogens with zero attached hydrogens (tertiary/aromatic N) is 2. The number of fused-ring (bicyclic) bond motifs is 1. The summed E-state index contributed by atoms with van der Waals surface area (Å²) in [5.41, 5.74) is 2.41. The molecule has 2 heterocycles. The Morgan fingerprint density at radius 3 is 2.67 bits per heavy atom. The molecule has 0 fully saturated rings. The van der Waals surface area contributed by atoms with Crippen LogP contribution in [-0.4, -0.2) is 39.6 Å². The van der Waals surface area contributed by atoms with Crippen molar-refractivity contribution in [3.8, 4) is 17.2 Å². The van der Waals surface area contributed by atoms with E-state index in [0.29, 0.717) is 53.3 Å². The van der Waals surface area contributed by atoms with E-state index >= 15 is 0 Å². The van der Waals surface area contributed by atoms with Gasteiger partial charge in [0.15, 0.2) is 0 Å². The molecule has 2 N–H and O–H groups in total. The van der Waals surface area contributed by atoms with Gasteiger partial charge in [-0.1, -0.05) is 30.3 Å². The van der Waals surface area contributed by atoms with Gasteiger partial charge in [-0.15, -0.1) is 0 Å². The van der Waals surface area contributed by atoms with Crippen LogP contribution in [0.4, 0.5) is 0 Å². The Balaban J connectivity index is 2.00. The van der Waals surface area contributed by atoms with Crippen LogP contribution < -0.4 is 10.1 Å². The highest BCUT2D eigenvalue weighted by Gasteiger charge is 2.22. The zero-order chi connectivity index (χ0) is 23.8. The molecule has 8 heteroatoms. The van der Waals surface area contributed by atoms with Gasteiger partial charge in [-0.25, -0.2) is 9.97 Å². The number of aromatic nitrogens is 2. The van der Waals surface area contributed by atoms with E-state index in [4.69, 9.17) is 14.3 Å². The van der Waals surface area contributed by atoms with E-state index < -0.39 is 5.97 Å². The van der Waals surface area contributed by atoms with Gasteiger partial charge in [-0.05, 0) is 46.1 Å². The summed E-state index contributed by atoms with van der Waals surface area (Å²) in [6.07, 6.45) is 5.11. The monoisotopic (exact) mass is 451 g/mol. The van der Waals surface area contributed by atoms with E-state index in [2.05, 4.69) is 15.3 Å². The Bertz CT molecular complexity index is 1140. The molecule has 1 atom stereocenters. The third-order valence-corrected chi connectivity index (χ3v) is 5.15. The molecular formula is C25H29N3O5. The van der Waals surface area contributed by atoms with Crippen molar-refractivity contribution >= 4 is 29.1 Å². The van der Waals surface area contributed by atoms with E-state index in [1.165, 1.54) is 6.33 Å². The molecule has 0 aliphatic heterocycles. The molecule has 0 aliphatic rings. The number of carboxylic acids is 1. The van der Waals surface area contributed by atoms with Crippen molar-refractivity contribution in [3.63, 3.8) is 0 Å². The van der Waals surface area contributed by atoms with Crippen LogP contribution in [-0.2, 0) is 9.59 Å². The first-order chi connectivity index (χ1) is 15.9. The number of nitrogens with one attached hydrogen (secondary N) is 1. The molecule has 0 saturated carbocycles. The van der Waals surface area contributed by atoms with Gasteiger partial charge in [0.25, 0.3) is 0 Å². The van der Waals surface area contributed by atoms with E-state index in [0.717, 1.165) is 12.0 Å². The van der Waals surface area contributed by atoms with Crippen LogP contribution in [0.1, 0.15) is 52.0 Å². The molecule has 0 unspecified atom stereocenters. The Morgan fingerprint density at radius 2 is 1.97 bits per heavy atom. The van der Waals surface area contributed by atoms with Crippen LogP contribution in [0.3, 0.4) is 0 Å². The smallest absolute Gasteiger partial charge is 0.303 e. The summed E-state index contributed by atoms with van der Waals surface area (Å²) in [5, 5.41) is 12.2. The molecule has 33 heavy (non-hydrogen) atoms. The predicted molar refractivity (Wildman–Crippen MR) is 126 cm³/mol. The van der Waals surface area contributed by atoms with Crippen molar-refractivity contribution < 1.29 is 23.8 Å². The van der Waals surface area contributed by atoms with Crippen molar-refractivity contribution in [2.45, 2.75) is 52.6 Å². The highest BCUT2D eigenvalue weighted by Crippen LogP contribution is 2.38. The standard InChI is InChI=1S/C25H29N3O5/c1-4-26-23(31)16(2)14-19-21-24(32-17(3)10-8-9-13-20(29)30)27-15-28-25(21)33-22(19)18-11-6-5-7-12-18/h5-7,11-12,14-15,17H,4,8-10,13H2,1-3H3,(H,26,31)(H,29,30)/b16-14+/t17-/m1/s1. The molecule has 0 spiro atoms. The molecule has 1 amide bonds. The minimum absolute atomic E-state index is 0.140. The first-order valence-electron chi connectivity index (χ1n) is 11.1. The molecule has 3 aromatic rings. The van der Waals surface area contributed by atoms with Crippen LogP contribution >= 0.6 is 0 Å². The summed E-state index contributed by atoms with van der Waals surface area (Å²) in [6, 6.07) is 9.59. The SMILES string of the molecule is CCNC(=O)/C(C)=C/c1c(-c2ccccc2)oc2ncnc(O[C@H](C)CCCCC(=O)O)c12. The predicted octanol–water partition coefficient (Wildman–Crippen LogP) is 4.84. The number of benzene rings is 1. The molecular weight excluding hydrogens is 422 g/mol. The summed E-state index contributed by atoms with van der Waals surface area (Å²) in [6.45, 7) is 6.06. The fourth-order valence-corrected chi connectivity index (χ4v) is 3.50. The number of aliphatic carboxylic acids is 1. The number of hydrogen-bond donors (Lipinski definition) is 2. The van der Waals surface area contributed by atoms with Gasteiger partial charge in [0.05, 0.1) is 6.10 Å². The molecule has 3 rings (SSSR count). The van der Waals surface area contributed by atoms with Gasteiger partial charge in [-0.2, -0.15) is 0 Å². The number of rotatable bonds is 11. The quantitative estimate of drug-likeness (QED) is 0.317. The van der Waals surface area contributed by atoms with Crippen LogP contribution in [0.25, 0.3) is 28.5 Å². The molecule has 0 aliphatic carbocycles. The molecule has 0 radical (unpaired) electrons. The summed E-state index contributed by atoms with van der Waals surface area (Å²) in [4.78, 5) is 31.7. The topological polar surface area (TPSA) is 115 Å². The number of ether oxygens (including phenoxy) is 1. The Labute approximate surface area is 192 Å². The highest BCUT2D eigenvalue weighted by atomic mass is 16.5. The first kappa shape index (κ1) is 24.0. The summed E-state index contributed by atoms with van der Waals surface area (Å²) in [5.74, 6) is -0.0240. The average Bonchev–Trinajstić information content (AvgIpc) is 3.16. The molecule has 8 nitrogen and oxygen atoms in total. The minimum atomic E-state index is -0.799.